The van der Waals surface area contributed by atoms with Gasteiger partial charge in [-0.05, 0) is 62.9 Å². The summed E-state index contributed by atoms with van der Waals surface area (Å²) in [5.41, 5.74) is 1.54. The first-order valence-electron chi connectivity index (χ1n) is 8.70. The number of aryl methyl sites for hydroxylation is 1. The highest BCUT2D eigenvalue weighted by molar-refractivity contribution is 7.15. The van der Waals surface area contributed by atoms with Gasteiger partial charge in [-0.1, -0.05) is 13.3 Å². The Bertz CT molecular complexity index is 576. The van der Waals surface area contributed by atoms with E-state index in [0.29, 0.717) is 5.41 Å². The number of piperidine rings is 1. The first-order valence-corrected chi connectivity index (χ1v) is 9.52. The molecule has 0 bridgehead atoms. The molecule has 1 aromatic rings. The van der Waals surface area contributed by atoms with Gasteiger partial charge in [0.25, 0.3) is 0 Å². The van der Waals surface area contributed by atoms with Crippen LogP contribution in [0.1, 0.15) is 49.6 Å². The summed E-state index contributed by atoms with van der Waals surface area (Å²) in [6.07, 6.45) is 8.10. The van der Waals surface area contributed by atoms with Gasteiger partial charge >= 0.3 is 0 Å². The Labute approximate surface area is 136 Å². The van der Waals surface area contributed by atoms with Gasteiger partial charge in [-0.3, -0.25) is 4.79 Å². The third-order valence-corrected chi connectivity index (χ3v) is 6.99. The molecule has 5 heteroatoms. The first-order chi connectivity index (χ1) is 10.7. The van der Waals surface area contributed by atoms with E-state index < -0.39 is 0 Å². The summed E-state index contributed by atoms with van der Waals surface area (Å²) in [6.45, 7) is 4.40. The summed E-state index contributed by atoms with van der Waals surface area (Å²) in [7, 11) is 0. The lowest BCUT2D eigenvalue weighted by atomic mass is 9.89. The van der Waals surface area contributed by atoms with E-state index >= 15 is 0 Å². The molecule has 1 saturated heterocycles. The fourth-order valence-corrected chi connectivity index (χ4v) is 5.36. The molecule has 2 aliphatic carbocycles. The minimum Gasteiger partial charge on any atom is -0.317 e. The maximum Gasteiger partial charge on any atom is 0.229 e. The van der Waals surface area contributed by atoms with Gasteiger partial charge in [0.2, 0.25) is 5.91 Å². The molecule has 2 unspecified atom stereocenters. The number of fused-ring (bicyclic) bond motifs is 1. The van der Waals surface area contributed by atoms with Gasteiger partial charge in [-0.2, -0.15) is 0 Å². The van der Waals surface area contributed by atoms with Crippen molar-refractivity contribution in [3.63, 3.8) is 0 Å². The number of rotatable bonds is 3. The Morgan fingerprint density at radius 1 is 1.45 bits per heavy atom. The molecule has 1 aromatic heterocycles. The molecule has 22 heavy (non-hydrogen) atoms. The lowest BCUT2D eigenvalue weighted by Gasteiger charge is -2.22. The lowest BCUT2D eigenvalue weighted by Crippen LogP contribution is -2.31. The first kappa shape index (κ1) is 14.6. The Balaban J connectivity index is 1.40. The SMILES string of the molecule is CCC1CCc2nc(NC(=O)C3CC34CCNCC4)sc2C1. The summed E-state index contributed by atoms with van der Waals surface area (Å²) in [4.78, 5) is 18.6. The molecule has 4 rings (SSSR count). The zero-order valence-electron chi connectivity index (χ0n) is 13.3. The molecule has 120 valence electrons. The van der Waals surface area contributed by atoms with Gasteiger partial charge in [-0.25, -0.2) is 4.98 Å². The number of anilines is 1. The number of thiazole rings is 1. The van der Waals surface area contributed by atoms with Crippen molar-refractivity contribution in [2.75, 3.05) is 18.4 Å². The topological polar surface area (TPSA) is 54.0 Å². The van der Waals surface area contributed by atoms with E-state index in [1.54, 1.807) is 11.3 Å². The number of carbonyl (C=O) groups excluding carboxylic acids is 1. The van der Waals surface area contributed by atoms with E-state index in [1.807, 2.05) is 0 Å². The normalized spacial score (nSPS) is 29.1. The van der Waals surface area contributed by atoms with Crippen LogP contribution in [-0.2, 0) is 17.6 Å². The summed E-state index contributed by atoms with van der Waals surface area (Å²) < 4.78 is 0. The van der Waals surface area contributed by atoms with Crippen LogP contribution in [0.15, 0.2) is 0 Å². The number of nitrogens with zero attached hydrogens (tertiary/aromatic N) is 1. The molecular formula is C17H25N3OS. The minimum atomic E-state index is 0.208. The summed E-state index contributed by atoms with van der Waals surface area (Å²) >= 11 is 1.71. The Morgan fingerprint density at radius 3 is 3.05 bits per heavy atom. The van der Waals surface area contributed by atoms with Crippen molar-refractivity contribution in [2.45, 2.75) is 51.9 Å². The quantitative estimate of drug-likeness (QED) is 0.900. The average Bonchev–Trinajstić information content (AvgIpc) is 3.07. The molecule has 4 nitrogen and oxygen atoms in total. The Kier molecular flexibility index (Phi) is 3.73. The monoisotopic (exact) mass is 319 g/mol. The van der Waals surface area contributed by atoms with Gasteiger partial charge in [0.15, 0.2) is 5.13 Å². The van der Waals surface area contributed by atoms with E-state index in [0.717, 1.165) is 56.2 Å². The average molecular weight is 319 g/mol. The van der Waals surface area contributed by atoms with Crippen molar-refractivity contribution in [1.82, 2.24) is 10.3 Å². The number of aromatic nitrogens is 1. The molecule has 2 atom stereocenters. The van der Waals surface area contributed by atoms with Gasteiger partial charge in [0.05, 0.1) is 5.69 Å². The summed E-state index contributed by atoms with van der Waals surface area (Å²) in [5.74, 6) is 1.23. The van der Waals surface area contributed by atoms with Crippen molar-refractivity contribution in [3.8, 4) is 0 Å². The van der Waals surface area contributed by atoms with E-state index in [2.05, 4.69) is 22.5 Å². The van der Waals surface area contributed by atoms with Crippen LogP contribution in [0, 0.1) is 17.3 Å². The molecule has 2 heterocycles. The van der Waals surface area contributed by atoms with Crippen LogP contribution in [0.2, 0.25) is 0 Å². The molecule has 1 aliphatic heterocycles. The van der Waals surface area contributed by atoms with E-state index in [4.69, 9.17) is 0 Å². The predicted molar refractivity (Wildman–Crippen MR) is 89.2 cm³/mol. The number of hydrogen-bond acceptors (Lipinski definition) is 4. The van der Waals surface area contributed by atoms with Crippen LogP contribution in [0.5, 0.6) is 0 Å². The highest BCUT2D eigenvalue weighted by atomic mass is 32.1. The van der Waals surface area contributed by atoms with Crippen molar-refractivity contribution < 1.29 is 4.79 Å². The molecule has 3 aliphatic rings. The van der Waals surface area contributed by atoms with Gasteiger partial charge in [0.1, 0.15) is 0 Å². The minimum absolute atomic E-state index is 0.208. The zero-order valence-corrected chi connectivity index (χ0v) is 14.1. The molecule has 1 spiro atoms. The maximum absolute atomic E-state index is 12.5. The lowest BCUT2D eigenvalue weighted by molar-refractivity contribution is -0.118. The fourth-order valence-electron chi connectivity index (χ4n) is 4.23. The second-order valence-electron chi connectivity index (χ2n) is 7.26. The molecule has 1 amide bonds. The van der Waals surface area contributed by atoms with Crippen LogP contribution >= 0.6 is 11.3 Å². The maximum atomic E-state index is 12.5. The third-order valence-electron chi connectivity index (χ3n) is 5.95. The number of carbonyl (C=O) groups is 1. The third kappa shape index (κ3) is 2.58. The van der Waals surface area contributed by atoms with Crippen LogP contribution in [-0.4, -0.2) is 24.0 Å². The molecule has 1 saturated carbocycles. The fraction of sp³-hybridized carbons (Fsp3) is 0.765. The van der Waals surface area contributed by atoms with Crippen LogP contribution in [0.3, 0.4) is 0 Å². The van der Waals surface area contributed by atoms with E-state index in [9.17, 15) is 4.79 Å². The Morgan fingerprint density at radius 2 is 2.27 bits per heavy atom. The van der Waals surface area contributed by atoms with Crippen LogP contribution < -0.4 is 10.6 Å². The van der Waals surface area contributed by atoms with E-state index in [-0.39, 0.29) is 11.8 Å². The number of hydrogen-bond donors (Lipinski definition) is 2. The molecule has 2 fully saturated rings. The Hall–Kier alpha value is -0.940. The molecule has 0 aromatic carbocycles. The van der Waals surface area contributed by atoms with Crippen molar-refractivity contribution in [2.24, 2.45) is 17.3 Å². The summed E-state index contributed by atoms with van der Waals surface area (Å²) in [5, 5.41) is 7.34. The van der Waals surface area contributed by atoms with Crippen molar-refractivity contribution in [1.29, 1.82) is 0 Å². The van der Waals surface area contributed by atoms with Gasteiger partial charge in [-0.15, -0.1) is 11.3 Å². The second kappa shape index (κ2) is 5.60. The standard InChI is InChI=1S/C17H25N3OS/c1-2-11-3-4-13-14(9-11)22-16(19-13)20-15(21)12-10-17(12)5-7-18-8-6-17/h11-12,18H,2-10H2,1H3,(H,19,20,21). The van der Waals surface area contributed by atoms with Crippen LogP contribution in [0.25, 0.3) is 0 Å². The molecular weight excluding hydrogens is 294 g/mol. The van der Waals surface area contributed by atoms with Crippen molar-refractivity contribution in [3.05, 3.63) is 10.6 Å². The smallest absolute Gasteiger partial charge is 0.229 e. The second-order valence-corrected chi connectivity index (χ2v) is 8.35. The highest BCUT2D eigenvalue weighted by Gasteiger charge is 2.57. The molecule has 0 radical (unpaired) electrons. The van der Waals surface area contributed by atoms with E-state index in [1.165, 1.54) is 23.4 Å². The van der Waals surface area contributed by atoms with Gasteiger partial charge in [0, 0.05) is 10.8 Å². The van der Waals surface area contributed by atoms with Crippen LogP contribution in [0.4, 0.5) is 5.13 Å². The van der Waals surface area contributed by atoms with Gasteiger partial charge < -0.3 is 10.6 Å². The van der Waals surface area contributed by atoms with Crippen molar-refractivity contribution >= 4 is 22.4 Å². The highest BCUT2D eigenvalue weighted by Crippen LogP contribution is 2.58. The predicted octanol–water partition coefficient (Wildman–Crippen LogP) is 2.99. The summed E-state index contributed by atoms with van der Waals surface area (Å²) in [6, 6.07) is 0. The largest absolute Gasteiger partial charge is 0.317 e. The number of nitrogens with one attached hydrogen (secondary N) is 2. The molecule has 2 N–H and O–H groups in total. The number of amides is 1. The zero-order chi connectivity index (χ0) is 15.2.